The molecule has 5 fully saturated rings. The lowest BCUT2D eigenvalue weighted by molar-refractivity contribution is -0.319. The van der Waals surface area contributed by atoms with Crippen LogP contribution in [0.5, 0.6) is 0 Å². The summed E-state index contributed by atoms with van der Waals surface area (Å²) >= 11 is 0. The van der Waals surface area contributed by atoms with E-state index in [4.69, 9.17) is 13.9 Å². The molecule has 190 valence electrons. The first kappa shape index (κ1) is 24.8. The van der Waals surface area contributed by atoms with Gasteiger partial charge in [-0.05, 0) is 91.7 Å². The molecule has 4 bridgehead atoms. The Bertz CT molecular complexity index is 715. The van der Waals surface area contributed by atoms with Crippen LogP contribution < -0.4 is 0 Å². The lowest BCUT2D eigenvalue weighted by Crippen LogP contribution is -2.65. The van der Waals surface area contributed by atoms with Crippen LogP contribution in [0.4, 0.5) is 0 Å². The van der Waals surface area contributed by atoms with Crippen molar-refractivity contribution in [3.63, 3.8) is 0 Å². The van der Waals surface area contributed by atoms with Gasteiger partial charge in [-0.3, -0.25) is 0 Å². The highest BCUT2D eigenvalue weighted by Gasteiger charge is 2.72. The molecule has 4 aliphatic carbocycles. The number of ether oxygens (including phenoxy) is 2. The smallest absolute Gasteiger partial charge is 0.200 e. The molecule has 10 atom stereocenters. The highest BCUT2D eigenvalue weighted by atomic mass is 28.4. The van der Waals surface area contributed by atoms with Gasteiger partial charge < -0.3 is 13.9 Å². The molecule has 1 heterocycles. The predicted molar refractivity (Wildman–Crippen MR) is 138 cm³/mol. The van der Waals surface area contributed by atoms with Crippen molar-refractivity contribution in [2.24, 2.45) is 34.5 Å². The van der Waals surface area contributed by atoms with E-state index < -0.39 is 8.32 Å². The molecular weight excluding hydrogens is 424 g/mol. The molecule has 0 unspecified atom stereocenters. The van der Waals surface area contributed by atoms with Crippen LogP contribution in [0.3, 0.4) is 0 Å². The monoisotopic (exact) mass is 476 g/mol. The molecule has 0 radical (unpaired) electrons. The van der Waals surface area contributed by atoms with Crippen LogP contribution >= 0.6 is 0 Å². The number of hydrogen-bond donors (Lipinski definition) is 0. The lowest BCUT2D eigenvalue weighted by atomic mass is 9.41. The second-order valence-electron chi connectivity index (χ2n) is 13.9. The molecule has 0 aromatic rings. The van der Waals surface area contributed by atoms with Gasteiger partial charge in [-0.25, -0.2) is 0 Å². The van der Waals surface area contributed by atoms with E-state index in [9.17, 15) is 0 Å². The van der Waals surface area contributed by atoms with Crippen molar-refractivity contribution >= 4 is 8.32 Å². The van der Waals surface area contributed by atoms with Gasteiger partial charge in [-0.15, -0.1) is 0 Å². The molecule has 0 aromatic heterocycles. The first-order chi connectivity index (χ1) is 15.5. The fourth-order valence-corrected chi connectivity index (χ4v) is 16.7. The maximum absolute atomic E-state index is 7.47. The molecule has 4 heteroatoms. The van der Waals surface area contributed by atoms with E-state index in [2.05, 4.69) is 62.3 Å². The van der Waals surface area contributed by atoms with Gasteiger partial charge in [0.15, 0.2) is 6.29 Å². The Morgan fingerprint density at radius 2 is 1.52 bits per heavy atom. The maximum Gasteiger partial charge on any atom is 0.200 e. The zero-order valence-electron chi connectivity index (χ0n) is 23.0. The van der Waals surface area contributed by atoms with E-state index in [1.54, 1.807) is 0 Å². The second kappa shape index (κ2) is 8.31. The topological polar surface area (TPSA) is 27.7 Å². The molecule has 0 N–H and O–H groups in total. The van der Waals surface area contributed by atoms with Gasteiger partial charge in [0, 0.05) is 17.4 Å². The summed E-state index contributed by atoms with van der Waals surface area (Å²) in [4.78, 5) is 0. The van der Waals surface area contributed by atoms with Crippen molar-refractivity contribution in [1.29, 1.82) is 0 Å². The number of fused-ring (bicyclic) bond motifs is 1. The second-order valence-corrected chi connectivity index (χ2v) is 19.4. The van der Waals surface area contributed by atoms with Crippen LogP contribution in [0.2, 0.25) is 16.6 Å². The van der Waals surface area contributed by atoms with E-state index in [1.165, 1.54) is 44.9 Å². The summed E-state index contributed by atoms with van der Waals surface area (Å²) in [6, 6.07) is 0. The van der Waals surface area contributed by atoms with E-state index >= 15 is 0 Å². The first-order valence-electron chi connectivity index (χ1n) is 14.5. The van der Waals surface area contributed by atoms with Crippen molar-refractivity contribution in [3.05, 3.63) is 0 Å². The van der Waals surface area contributed by atoms with Crippen molar-refractivity contribution in [2.75, 3.05) is 0 Å². The Hall–Kier alpha value is 0.0969. The average Bonchev–Trinajstić information content (AvgIpc) is 2.94. The summed E-state index contributed by atoms with van der Waals surface area (Å²) in [5.41, 5.74) is 2.74. The molecule has 5 aliphatic rings. The van der Waals surface area contributed by atoms with Gasteiger partial charge in [0.1, 0.15) is 0 Å². The third-order valence-corrected chi connectivity index (χ3v) is 18.3. The Labute approximate surface area is 205 Å². The van der Waals surface area contributed by atoms with Crippen LogP contribution in [0.25, 0.3) is 0 Å². The number of rotatable bonds is 5. The molecule has 1 aliphatic heterocycles. The maximum atomic E-state index is 7.47. The summed E-state index contributed by atoms with van der Waals surface area (Å²) in [5.74, 6) is 2.90. The summed E-state index contributed by atoms with van der Waals surface area (Å²) in [5, 5.41) is 0. The Morgan fingerprint density at radius 3 is 2.15 bits per heavy atom. The molecule has 33 heavy (non-hydrogen) atoms. The van der Waals surface area contributed by atoms with Gasteiger partial charge in [0.05, 0.1) is 12.2 Å². The van der Waals surface area contributed by atoms with Crippen LogP contribution in [0, 0.1) is 34.5 Å². The Kier molecular flexibility index (Phi) is 6.24. The third kappa shape index (κ3) is 3.21. The van der Waals surface area contributed by atoms with Crippen molar-refractivity contribution in [1.82, 2.24) is 0 Å². The SMILES string of the molecule is CC(C)[Si](O[C@H]1CC[C@@]2(C)[C@@H](CC[C@@H]3C[C@@H]4[C@H]5O[C@@H](C)O[C@@H]4CC[C@@]352)[C@@H]1C)(C(C)C)C(C)C. The zero-order valence-corrected chi connectivity index (χ0v) is 24.0. The van der Waals surface area contributed by atoms with Crippen LogP contribution in [-0.4, -0.2) is 32.9 Å². The molecular formula is C29H52O3Si. The van der Waals surface area contributed by atoms with Crippen LogP contribution in [-0.2, 0) is 13.9 Å². The van der Waals surface area contributed by atoms with Gasteiger partial charge in [-0.2, -0.15) is 0 Å². The minimum absolute atomic E-state index is 0.0250. The Morgan fingerprint density at radius 1 is 0.848 bits per heavy atom. The summed E-state index contributed by atoms with van der Waals surface area (Å²) < 4.78 is 20.5. The van der Waals surface area contributed by atoms with Crippen molar-refractivity contribution in [3.8, 4) is 0 Å². The molecule has 3 nitrogen and oxygen atoms in total. The minimum Gasteiger partial charge on any atom is -0.413 e. The standard InChI is InChI=1S/C29H52O3Si/c1-17(2)33(18(3)4,19(5)6)32-25-12-14-28(9)24(20(25)7)11-10-22-16-23-26-13-15-29(22,28)27(23)31-21(8)30-26/h17-27H,10-16H2,1-9H3/t20-,21-,22+,23-,24-,25-,26+,27+,28-,29+/m0/s1. The van der Waals surface area contributed by atoms with Crippen molar-refractivity contribution < 1.29 is 13.9 Å². The van der Waals surface area contributed by atoms with Gasteiger partial charge in [0.2, 0.25) is 8.32 Å². The third-order valence-electron chi connectivity index (χ3n) is 12.1. The first-order valence-corrected chi connectivity index (χ1v) is 16.6. The zero-order chi connectivity index (χ0) is 23.9. The molecule has 0 amide bonds. The summed E-state index contributed by atoms with van der Waals surface area (Å²) in [6.45, 7) is 22.0. The fourth-order valence-electron chi connectivity index (χ4n) is 11.0. The molecule has 4 saturated carbocycles. The van der Waals surface area contributed by atoms with E-state index in [0.717, 1.165) is 11.8 Å². The van der Waals surface area contributed by atoms with Gasteiger partial charge in [0.25, 0.3) is 0 Å². The normalized spacial score (nSPS) is 49.5. The molecule has 1 spiro atoms. The van der Waals surface area contributed by atoms with E-state index in [0.29, 0.717) is 57.6 Å². The lowest BCUT2D eigenvalue weighted by Gasteiger charge is -2.66. The van der Waals surface area contributed by atoms with Gasteiger partial charge >= 0.3 is 0 Å². The number of hydrogen-bond acceptors (Lipinski definition) is 3. The fraction of sp³-hybridized carbons (Fsp3) is 1.00. The highest BCUT2D eigenvalue weighted by molar-refractivity contribution is 6.77. The highest BCUT2D eigenvalue weighted by Crippen LogP contribution is 2.74. The largest absolute Gasteiger partial charge is 0.413 e. The van der Waals surface area contributed by atoms with E-state index in [-0.39, 0.29) is 6.29 Å². The average molecular weight is 477 g/mol. The van der Waals surface area contributed by atoms with Gasteiger partial charge in [-0.1, -0.05) is 55.4 Å². The molecule has 0 aromatic carbocycles. The van der Waals surface area contributed by atoms with Crippen LogP contribution in [0.15, 0.2) is 0 Å². The summed E-state index contributed by atoms with van der Waals surface area (Å²) in [6.07, 6.45) is 10.6. The predicted octanol–water partition coefficient (Wildman–Crippen LogP) is 7.94. The summed E-state index contributed by atoms with van der Waals surface area (Å²) in [7, 11) is -1.86. The van der Waals surface area contributed by atoms with Crippen molar-refractivity contribution in [2.45, 2.75) is 148 Å². The molecule has 1 saturated heterocycles. The Balaban J connectivity index is 1.45. The molecule has 5 rings (SSSR count). The van der Waals surface area contributed by atoms with E-state index in [1.807, 2.05) is 0 Å². The van der Waals surface area contributed by atoms with Crippen LogP contribution in [0.1, 0.15) is 107 Å². The quantitative estimate of drug-likeness (QED) is 0.377. The minimum atomic E-state index is -1.86.